The average Bonchev–Trinajstić information content (AvgIpc) is 2.37. The van der Waals surface area contributed by atoms with Gasteiger partial charge < -0.3 is 0 Å². The van der Waals surface area contributed by atoms with E-state index in [1.54, 1.807) is 0 Å². The van der Waals surface area contributed by atoms with Crippen LogP contribution in [-0.4, -0.2) is 24.4 Å². The first kappa shape index (κ1) is 8.61. The SMILES string of the molecule is CCCS(=O)(=O)c1nncs1. The van der Waals surface area contributed by atoms with Gasteiger partial charge in [0.1, 0.15) is 5.51 Å². The maximum Gasteiger partial charge on any atom is 0.232 e. The van der Waals surface area contributed by atoms with Crippen molar-refractivity contribution >= 4 is 21.2 Å². The Hall–Kier alpha value is -0.490. The lowest BCUT2D eigenvalue weighted by Crippen LogP contribution is -2.05. The van der Waals surface area contributed by atoms with E-state index >= 15 is 0 Å². The highest BCUT2D eigenvalue weighted by Crippen LogP contribution is 2.12. The maximum atomic E-state index is 11.2. The van der Waals surface area contributed by atoms with Gasteiger partial charge in [0, 0.05) is 0 Å². The van der Waals surface area contributed by atoms with Crippen LogP contribution in [0.1, 0.15) is 13.3 Å². The molecule has 0 aliphatic carbocycles. The molecule has 62 valence electrons. The van der Waals surface area contributed by atoms with Gasteiger partial charge in [0.2, 0.25) is 14.2 Å². The van der Waals surface area contributed by atoms with Crippen LogP contribution < -0.4 is 0 Å². The molecule has 1 rings (SSSR count). The molecule has 0 saturated heterocycles. The fourth-order valence-electron chi connectivity index (χ4n) is 0.654. The Balaban J connectivity index is 2.92. The Kier molecular flexibility index (Phi) is 2.56. The lowest BCUT2D eigenvalue weighted by molar-refractivity contribution is 0.592. The topological polar surface area (TPSA) is 59.9 Å². The van der Waals surface area contributed by atoms with E-state index in [-0.39, 0.29) is 10.1 Å². The highest BCUT2D eigenvalue weighted by Gasteiger charge is 2.15. The lowest BCUT2D eigenvalue weighted by atomic mass is 10.6. The summed E-state index contributed by atoms with van der Waals surface area (Å²) in [7, 11) is -3.12. The normalized spacial score (nSPS) is 11.7. The van der Waals surface area contributed by atoms with Crippen LogP contribution in [0, 0.1) is 0 Å². The van der Waals surface area contributed by atoms with Crippen molar-refractivity contribution in [2.45, 2.75) is 17.7 Å². The van der Waals surface area contributed by atoms with E-state index in [9.17, 15) is 8.42 Å². The summed E-state index contributed by atoms with van der Waals surface area (Å²) in [6, 6.07) is 0. The van der Waals surface area contributed by atoms with Crippen molar-refractivity contribution in [1.82, 2.24) is 10.2 Å². The van der Waals surface area contributed by atoms with E-state index in [0.717, 1.165) is 11.3 Å². The first-order valence-corrected chi connectivity index (χ1v) is 5.69. The quantitative estimate of drug-likeness (QED) is 0.708. The van der Waals surface area contributed by atoms with Crippen molar-refractivity contribution in [2.24, 2.45) is 0 Å². The van der Waals surface area contributed by atoms with Gasteiger partial charge in [0.15, 0.2) is 0 Å². The molecule has 0 unspecified atom stereocenters. The van der Waals surface area contributed by atoms with Gasteiger partial charge in [-0.2, -0.15) is 0 Å². The Labute approximate surface area is 69.2 Å². The first-order valence-electron chi connectivity index (χ1n) is 3.15. The van der Waals surface area contributed by atoms with Gasteiger partial charge in [-0.3, -0.25) is 0 Å². The van der Waals surface area contributed by atoms with Crippen LogP contribution in [0.2, 0.25) is 0 Å². The Morgan fingerprint density at radius 3 is 2.82 bits per heavy atom. The third-order valence-corrected chi connectivity index (χ3v) is 4.17. The number of nitrogens with zero attached hydrogens (tertiary/aromatic N) is 2. The van der Waals surface area contributed by atoms with Gasteiger partial charge in [-0.25, -0.2) is 8.42 Å². The van der Waals surface area contributed by atoms with Crippen molar-refractivity contribution in [2.75, 3.05) is 5.75 Å². The van der Waals surface area contributed by atoms with E-state index in [4.69, 9.17) is 0 Å². The van der Waals surface area contributed by atoms with Gasteiger partial charge >= 0.3 is 0 Å². The predicted octanol–water partition coefficient (Wildman–Crippen LogP) is 0.722. The van der Waals surface area contributed by atoms with E-state index in [0.29, 0.717) is 6.42 Å². The molecular formula is C5H8N2O2S2. The number of aromatic nitrogens is 2. The molecule has 1 heterocycles. The molecule has 4 nitrogen and oxygen atoms in total. The summed E-state index contributed by atoms with van der Waals surface area (Å²) < 4.78 is 22.5. The number of rotatable bonds is 3. The smallest absolute Gasteiger partial charge is 0.221 e. The van der Waals surface area contributed by atoms with Gasteiger partial charge in [-0.15, -0.1) is 10.2 Å². The van der Waals surface area contributed by atoms with Crippen LogP contribution in [0.5, 0.6) is 0 Å². The van der Waals surface area contributed by atoms with Crippen molar-refractivity contribution in [3.63, 3.8) is 0 Å². The van der Waals surface area contributed by atoms with Gasteiger partial charge in [-0.1, -0.05) is 18.3 Å². The minimum Gasteiger partial charge on any atom is -0.221 e. The van der Waals surface area contributed by atoms with Gasteiger partial charge in [-0.05, 0) is 6.42 Å². The minimum absolute atomic E-state index is 0.124. The minimum atomic E-state index is -3.12. The van der Waals surface area contributed by atoms with Crippen molar-refractivity contribution in [3.05, 3.63) is 5.51 Å². The average molecular weight is 192 g/mol. The van der Waals surface area contributed by atoms with Crippen LogP contribution in [-0.2, 0) is 9.84 Å². The zero-order chi connectivity index (χ0) is 8.32. The second-order valence-corrected chi connectivity index (χ2v) is 5.14. The zero-order valence-electron chi connectivity index (χ0n) is 6.02. The molecule has 0 fully saturated rings. The monoisotopic (exact) mass is 192 g/mol. The van der Waals surface area contributed by atoms with Crippen LogP contribution in [0.15, 0.2) is 9.85 Å². The van der Waals surface area contributed by atoms with Crippen molar-refractivity contribution in [3.8, 4) is 0 Å². The molecule has 0 aliphatic heterocycles. The highest BCUT2D eigenvalue weighted by atomic mass is 32.2. The number of hydrogen-bond donors (Lipinski definition) is 0. The standard InChI is InChI=1S/C5H8N2O2S2/c1-2-3-11(8,9)5-7-6-4-10-5/h4H,2-3H2,1H3. The molecule has 0 aliphatic rings. The summed E-state index contributed by atoms with van der Waals surface area (Å²) in [5.41, 5.74) is 1.42. The van der Waals surface area contributed by atoms with E-state index in [2.05, 4.69) is 10.2 Å². The Bertz CT molecular complexity index is 303. The lowest BCUT2D eigenvalue weighted by Gasteiger charge is -1.93. The van der Waals surface area contributed by atoms with Crippen LogP contribution >= 0.6 is 11.3 Å². The Morgan fingerprint density at radius 1 is 1.64 bits per heavy atom. The molecule has 0 atom stereocenters. The zero-order valence-corrected chi connectivity index (χ0v) is 7.65. The Morgan fingerprint density at radius 2 is 2.36 bits per heavy atom. The van der Waals surface area contributed by atoms with E-state index in [1.807, 2.05) is 6.92 Å². The summed E-state index contributed by atoms with van der Waals surface area (Å²) in [6.07, 6.45) is 0.613. The summed E-state index contributed by atoms with van der Waals surface area (Å²) in [5.74, 6) is 0.155. The molecule has 0 N–H and O–H groups in total. The van der Waals surface area contributed by atoms with Crippen LogP contribution in [0.25, 0.3) is 0 Å². The molecule has 6 heteroatoms. The second-order valence-electron chi connectivity index (χ2n) is 2.02. The maximum absolute atomic E-state index is 11.2. The third kappa shape index (κ3) is 1.97. The summed E-state index contributed by atoms with van der Waals surface area (Å²) in [6.45, 7) is 1.82. The van der Waals surface area contributed by atoms with Crippen molar-refractivity contribution < 1.29 is 8.42 Å². The van der Waals surface area contributed by atoms with Gasteiger partial charge in [0.25, 0.3) is 0 Å². The fraction of sp³-hybridized carbons (Fsp3) is 0.600. The van der Waals surface area contributed by atoms with E-state index in [1.165, 1.54) is 5.51 Å². The molecule has 0 aromatic carbocycles. The molecule has 0 spiro atoms. The first-order chi connectivity index (χ1) is 5.17. The molecule has 0 saturated carbocycles. The summed E-state index contributed by atoms with van der Waals surface area (Å²) >= 11 is 1.06. The molecule has 0 radical (unpaired) electrons. The number of hydrogen-bond acceptors (Lipinski definition) is 5. The van der Waals surface area contributed by atoms with Crippen LogP contribution in [0.3, 0.4) is 0 Å². The number of sulfone groups is 1. The molecule has 1 aromatic rings. The molecule has 1 aromatic heterocycles. The largest absolute Gasteiger partial charge is 0.232 e. The summed E-state index contributed by atoms with van der Waals surface area (Å²) in [4.78, 5) is 0. The van der Waals surface area contributed by atoms with Gasteiger partial charge in [0.05, 0.1) is 5.75 Å². The highest BCUT2D eigenvalue weighted by molar-refractivity contribution is 7.93. The molecule has 0 amide bonds. The van der Waals surface area contributed by atoms with Crippen molar-refractivity contribution in [1.29, 1.82) is 0 Å². The molecular weight excluding hydrogens is 184 g/mol. The fourth-order valence-corrected chi connectivity index (χ4v) is 2.78. The molecule has 0 bridgehead atoms. The second kappa shape index (κ2) is 3.27. The third-order valence-electron chi connectivity index (χ3n) is 1.08. The summed E-state index contributed by atoms with van der Waals surface area (Å²) in [5, 5.41) is 6.95. The molecule has 11 heavy (non-hydrogen) atoms. The van der Waals surface area contributed by atoms with E-state index < -0.39 is 9.84 Å². The van der Waals surface area contributed by atoms with Crippen LogP contribution in [0.4, 0.5) is 0 Å². The predicted molar refractivity (Wildman–Crippen MR) is 42.3 cm³/mol.